The van der Waals surface area contributed by atoms with Crippen LogP contribution in [-0.4, -0.2) is 22.0 Å². The molecule has 37 heavy (non-hydrogen) atoms. The maximum absolute atomic E-state index is 13.9. The number of hydrogen-bond acceptors (Lipinski definition) is 4. The molecule has 1 aliphatic heterocycles. The van der Waals surface area contributed by atoms with Crippen LogP contribution in [0.2, 0.25) is 0 Å². The standard InChI is InChI=1S/C32H27NO4/c1-3-31(4-2)24-13-7-5-11-21(24)22-17-16-20(19-25(22)31)32(29(34)35)28(26-14-9-10-18-33-26)23-12-6-8-15-27(23)37-30(32)36/h5-19,28H,3-4H2,1-2H3,(H,34,35). The van der Waals surface area contributed by atoms with Gasteiger partial charge in [-0.2, -0.15) is 0 Å². The van der Waals surface area contributed by atoms with Crippen LogP contribution in [0.15, 0.2) is 91.1 Å². The second-order valence-corrected chi connectivity index (χ2v) is 9.82. The van der Waals surface area contributed by atoms with Crippen molar-refractivity contribution in [3.8, 4) is 16.9 Å². The zero-order valence-electron chi connectivity index (χ0n) is 20.8. The highest BCUT2D eigenvalue weighted by Gasteiger charge is 2.61. The van der Waals surface area contributed by atoms with Crippen LogP contribution >= 0.6 is 0 Å². The molecule has 5 nitrogen and oxygen atoms in total. The fourth-order valence-electron chi connectivity index (χ4n) is 6.60. The fourth-order valence-corrected chi connectivity index (χ4v) is 6.60. The largest absolute Gasteiger partial charge is 0.480 e. The van der Waals surface area contributed by atoms with Crippen molar-refractivity contribution in [3.63, 3.8) is 0 Å². The number of esters is 1. The Morgan fingerprint density at radius 3 is 2.32 bits per heavy atom. The van der Waals surface area contributed by atoms with E-state index in [2.05, 4.69) is 37.0 Å². The number of hydrogen-bond donors (Lipinski definition) is 1. The van der Waals surface area contributed by atoms with Gasteiger partial charge >= 0.3 is 11.9 Å². The number of carboxylic acid groups (broad SMARTS) is 1. The van der Waals surface area contributed by atoms with E-state index < -0.39 is 23.3 Å². The van der Waals surface area contributed by atoms with Crippen LogP contribution in [0, 0.1) is 0 Å². The maximum Gasteiger partial charge on any atom is 0.334 e. The highest BCUT2D eigenvalue weighted by atomic mass is 16.5. The van der Waals surface area contributed by atoms with E-state index in [1.165, 1.54) is 5.56 Å². The van der Waals surface area contributed by atoms with Crippen molar-refractivity contribution < 1.29 is 19.4 Å². The molecule has 2 aliphatic rings. The van der Waals surface area contributed by atoms with Crippen molar-refractivity contribution in [1.82, 2.24) is 4.98 Å². The van der Waals surface area contributed by atoms with Crippen LogP contribution in [0.3, 0.4) is 0 Å². The van der Waals surface area contributed by atoms with Crippen molar-refractivity contribution >= 4 is 11.9 Å². The molecular weight excluding hydrogens is 462 g/mol. The minimum absolute atomic E-state index is 0.265. The summed E-state index contributed by atoms with van der Waals surface area (Å²) in [6.45, 7) is 4.33. The Bertz CT molecular complexity index is 1540. The quantitative estimate of drug-likeness (QED) is 0.204. The number of carboxylic acids is 1. The van der Waals surface area contributed by atoms with Gasteiger partial charge in [-0.1, -0.05) is 80.6 Å². The smallest absolute Gasteiger partial charge is 0.334 e. The molecule has 0 spiro atoms. The van der Waals surface area contributed by atoms with E-state index in [-0.39, 0.29) is 5.41 Å². The normalized spacial score (nSPS) is 20.9. The summed E-state index contributed by atoms with van der Waals surface area (Å²) in [7, 11) is 0. The van der Waals surface area contributed by atoms with Crippen molar-refractivity contribution in [2.75, 3.05) is 0 Å². The Kier molecular flexibility index (Phi) is 5.27. The third-order valence-corrected chi connectivity index (χ3v) is 8.44. The highest BCUT2D eigenvalue weighted by Crippen LogP contribution is 2.56. The summed E-state index contributed by atoms with van der Waals surface area (Å²) in [5.41, 5.74) is 3.83. The first-order valence-electron chi connectivity index (χ1n) is 12.7. The number of para-hydroxylation sites is 1. The van der Waals surface area contributed by atoms with Crippen molar-refractivity contribution in [1.29, 1.82) is 0 Å². The van der Waals surface area contributed by atoms with E-state index in [0.29, 0.717) is 22.6 Å². The monoisotopic (exact) mass is 489 g/mol. The van der Waals surface area contributed by atoms with Gasteiger partial charge in [-0.15, -0.1) is 0 Å². The first-order chi connectivity index (χ1) is 18.0. The molecule has 1 N–H and O–H groups in total. The lowest BCUT2D eigenvalue weighted by molar-refractivity contribution is -0.158. The predicted molar refractivity (Wildman–Crippen MR) is 141 cm³/mol. The highest BCUT2D eigenvalue weighted by molar-refractivity contribution is 6.09. The summed E-state index contributed by atoms with van der Waals surface area (Å²) >= 11 is 0. The van der Waals surface area contributed by atoms with E-state index in [1.54, 1.807) is 36.5 Å². The number of carbonyl (C=O) groups excluding carboxylic acids is 1. The van der Waals surface area contributed by atoms with Crippen LogP contribution in [0.5, 0.6) is 5.75 Å². The van der Waals surface area contributed by atoms with Crippen LogP contribution in [0.25, 0.3) is 11.1 Å². The van der Waals surface area contributed by atoms with E-state index in [1.807, 2.05) is 36.4 Å². The van der Waals surface area contributed by atoms with E-state index in [9.17, 15) is 14.7 Å². The Morgan fingerprint density at radius 2 is 1.59 bits per heavy atom. The van der Waals surface area contributed by atoms with E-state index in [0.717, 1.165) is 29.5 Å². The molecule has 1 aromatic heterocycles. The molecule has 0 amide bonds. The van der Waals surface area contributed by atoms with Gasteiger partial charge in [-0.25, -0.2) is 4.79 Å². The number of carbonyl (C=O) groups is 2. The van der Waals surface area contributed by atoms with Gasteiger partial charge in [0.2, 0.25) is 5.41 Å². The summed E-state index contributed by atoms with van der Waals surface area (Å²) in [4.78, 5) is 31.8. The number of rotatable bonds is 5. The van der Waals surface area contributed by atoms with Crippen LogP contribution in [0.4, 0.5) is 0 Å². The number of ether oxygens (including phenoxy) is 1. The second kappa shape index (κ2) is 8.41. The molecule has 1 aliphatic carbocycles. The lowest BCUT2D eigenvalue weighted by atomic mass is 9.63. The lowest BCUT2D eigenvalue weighted by Gasteiger charge is -2.40. The maximum atomic E-state index is 13.9. The van der Waals surface area contributed by atoms with Gasteiger partial charge in [0.05, 0.1) is 11.6 Å². The molecule has 0 saturated carbocycles. The van der Waals surface area contributed by atoms with Gasteiger partial charge in [-0.3, -0.25) is 9.78 Å². The average Bonchev–Trinajstić information content (AvgIpc) is 3.22. The van der Waals surface area contributed by atoms with E-state index >= 15 is 0 Å². The summed E-state index contributed by atoms with van der Waals surface area (Å²) in [6, 6.07) is 26.6. The summed E-state index contributed by atoms with van der Waals surface area (Å²) in [6.07, 6.45) is 3.34. The van der Waals surface area contributed by atoms with Gasteiger partial charge in [0.25, 0.3) is 0 Å². The van der Waals surface area contributed by atoms with Gasteiger partial charge in [0.1, 0.15) is 5.75 Å². The zero-order chi connectivity index (χ0) is 25.8. The molecule has 0 bridgehead atoms. The average molecular weight is 490 g/mol. The summed E-state index contributed by atoms with van der Waals surface area (Å²) in [5.74, 6) is -2.55. The topological polar surface area (TPSA) is 76.5 Å². The SMILES string of the molecule is CCC1(CC)c2ccccc2-c2ccc(C3(C(=O)O)C(=O)Oc4ccccc4C3c3ccccn3)cc21. The molecule has 3 aromatic carbocycles. The number of fused-ring (bicyclic) bond motifs is 4. The molecule has 5 heteroatoms. The summed E-state index contributed by atoms with van der Waals surface area (Å²) < 4.78 is 5.75. The Morgan fingerprint density at radius 1 is 0.892 bits per heavy atom. The molecular formula is C32H27NO4. The Balaban J connectivity index is 1.66. The predicted octanol–water partition coefficient (Wildman–Crippen LogP) is 6.24. The van der Waals surface area contributed by atoms with Gasteiger partial charge in [-0.05, 0) is 58.9 Å². The third-order valence-electron chi connectivity index (χ3n) is 8.44. The van der Waals surface area contributed by atoms with Crippen LogP contribution in [-0.2, 0) is 20.4 Å². The second-order valence-electron chi connectivity index (χ2n) is 9.82. The fraction of sp³-hybridized carbons (Fsp3) is 0.219. The van der Waals surface area contributed by atoms with Gasteiger partial charge < -0.3 is 9.84 Å². The molecule has 6 rings (SSSR count). The van der Waals surface area contributed by atoms with Crippen molar-refractivity contribution in [3.05, 3.63) is 119 Å². The third kappa shape index (κ3) is 3.00. The number of benzene rings is 3. The number of pyridine rings is 1. The molecule has 2 unspecified atom stereocenters. The molecule has 2 atom stereocenters. The molecule has 0 fully saturated rings. The van der Waals surface area contributed by atoms with Gasteiger partial charge in [0, 0.05) is 17.2 Å². The first-order valence-corrected chi connectivity index (χ1v) is 12.7. The zero-order valence-corrected chi connectivity index (χ0v) is 20.8. The van der Waals surface area contributed by atoms with Gasteiger partial charge in [0.15, 0.2) is 0 Å². The molecule has 184 valence electrons. The lowest BCUT2D eigenvalue weighted by Crippen LogP contribution is -2.54. The first kappa shape index (κ1) is 23.2. The molecule has 0 saturated heterocycles. The number of aromatic nitrogens is 1. The molecule has 2 heterocycles. The Hall–Kier alpha value is -4.25. The number of aliphatic carboxylic acids is 1. The van der Waals surface area contributed by atoms with Crippen LogP contribution < -0.4 is 4.74 Å². The number of nitrogens with zero attached hydrogens (tertiary/aromatic N) is 1. The Labute approximate surface area is 215 Å². The van der Waals surface area contributed by atoms with Crippen molar-refractivity contribution in [2.24, 2.45) is 0 Å². The van der Waals surface area contributed by atoms with E-state index in [4.69, 9.17) is 4.74 Å². The molecule has 4 aromatic rings. The van der Waals surface area contributed by atoms with Crippen molar-refractivity contribution in [2.45, 2.75) is 43.4 Å². The minimum atomic E-state index is -2.00. The molecule has 0 radical (unpaired) electrons. The van der Waals surface area contributed by atoms with Crippen LogP contribution in [0.1, 0.15) is 60.6 Å². The minimum Gasteiger partial charge on any atom is -0.480 e. The summed E-state index contributed by atoms with van der Waals surface area (Å²) in [5, 5.41) is 10.9.